The number of guanidine groups is 1. The number of carbonyl (C=O) groups excluding carboxylic acids is 1. The summed E-state index contributed by atoms with van der Waals surface area (Å²) in [6.07, 6.45) is 2.42. The molecule has 26 heavy (non-hydrogen) atoms. The van der Waals surface area contributed by atoms with Crippen LogP contribution in [-0.2, 0) is 11.3 Å². The monoisotopic (exact) mass is 474 g/mol. The van der Waals surface area contributed by atoms with Gasteiger partial charge in [-0.3, -0.25) is 9.79 Å². The normalized spacial score (nSPS) is 15.2. The number of rotatable bonds is 5. The number of halogens is 1. The van der Waals surface area contributed by atoms with E-state index in [1.807, 2.05) is 31.3 Å². The average Bonchev–Trinajstić information content (AvgIpc) is 2.62. The van der Waals surface area contributed by atoms with Crippen LogP contribution < -0.4 is 10.1 Å². The van der Waals surface area contributed by atoms with Crippen LogP contribution in [0, 0.1) is 5.92 Å². The molecule has 1 heterocycles. The van der Waals surface area contributed by atoms with Crippen molar-refractivity contribution in [2.24, 2.45) is 10.9 Å². The molecule has 0 saturated carbocycles. The summed E-state index contributed by atoms with van der Waals surface area (Å²) in [5.74, 6) is 2.40. The molecule has 1 aliphatic rings. The van der Waals surface area contributed by atoms with E-state index in [-0.39, 0.29) is 36.5 Å². The van der Waals surface area contributed by atoms with E-state index in [0.717, 1.165) is 30.5 Å². The van der Waals surface area contributed by atoms with Crippen LogP contribution in [0.4, 0.5) is 0 Å². The number of likely N-dealkylation sites (tertiary alicyclic amines) is 1. The fourth-order valence-electron chi connectivity index (χ4n) is 2.75. The Labute approximate surface area is 174 Å². The van der Waals surface area contributed by atoms with Gasteiger partial charge in [-0.05, 0) is 36.5 Å². The van der Waals surface area contributed by atoms with Crippen molar-refractivity contribution in [3.8, 4) is 5.75 Å². The van der Waals surface area contributed by atoms with Gasteiger partial charge in [-0.2, -0.15) is 0 Å². The van der Waals surface area contributed by atoms with Crippen LogP contribution in [-0.4, -0.2) is 62.5 Å². The molecule has 0 spiro atoms. The van der Waals surface area contributed by atoms with Crippen molar-refractivity contribution in [1.29, 1.82) is 0 Å². The van der Waals surface area contributed by atoms with E-state index in [4.69, 9.17) is 4.74 Å². The number of carbonyl (C=O) groups is 1. The number of benzene rings is 1. The van der Waals surface area contributed by atoms with E-state index in [1.54, 1.807) is 14.1 Å². The first kappa shape index (κ1) is 22.5. The van der Waals surface area contributed by atoms with Gasteiger partial charge in [-0.1, -0.05) is 19.1 Å². The zero-order valence-electron chi connectivity index (χ0n) is 16.2. The SMILES string of the molecule is CN=C(NCc1cccc(OCC(=O)N(C)C)c1)N1CCC(C)CC1.I. The third-order valence-corrected chi connectivity index (χ3v) is 4.51. The third kappa shape index (κ3) is 7.01. The molecule has 1 aromatic rings. The average molecular weight is 474 g/mol. The summed E-state index contributed by atoms with van der Waals surface area (Å²) in [7, 11) is 5.27. The fraction of sp³-hybridized carbons (Fsp3) is 0.579. The van der Waals surface area contributed by atoms with Gasteiger partial charge in [0.05, 0.1) is 0 Å². The first-order valence-electron chi connectivity index (χ1n) is 8.87. The standard InChI is InChI=1S/C19H30N4O2.HI/c1-15-8-10-23(11-9-15)19(20-2)21-13-16-6-5-7-17(12-16)25-14-18(24)22(3)4;/h5-7,12,15H,8-11,13-14H2,1-4H3,(H,20,21);1H. The predicted octanol–water partition coefficient (Wildman–Crippen LogP) is 2.58. The van der Waals surface area contributed by atoms with Crippen LogP contribution in [0.3, 0.4) is 0 Å². The number of amides is 1. The highest BCUT2D eigenvalue weighted by Gasteiger charge is 2.18. The van der Waals surface area contributed by atoms with Crippen molar-refractivity contribution in [1.82, 2.24) is 15.1 Å². The highest BCUT2D eigenvalue weighted by atomic mass is 127. The van der Waals surface area contributed by atoms with E-state index in [9.17, 15) is 4.79 Å². The van der Waals surface area contributed by atoms with Crippen LogP contribution >= 0.6 is 24.0 Å². The first-order valence-corrected chi connectivity index (χ1v) is 8.87. The van der Waals surface area contributed by atoms with Gasteiger partial charge in [0.2, 0.25) is 0 Å². The van der Waals surface area contributed by atoms with Gasteiger partial charge in [0.15, 0.2) is 12.6 Å². The highest BCUT2D eigenvalue weighted by molar-refractivity contribution is 14.0. The minimum absolute atomic E-state index is 0. The van der Waals surface area contributed by atoms with E-state index in [2.05, 4.69) is 22.1 Å². The van der Waals surface area contributed by atoms with E-state index in [0.29, 0.717) is 12.3 Å². The van der Waals surface area contributed by atoms with Crippen LogP contribution in [0.2, 0.25) is 0 Å². The number of ether oxygens (including phenoxy) is 1. The molecule has 0 atom stereocenters. The maximum absolute atomic E-state index is 11.6. The smallest absolute Gasteiger partial charge is 0.259 e. The summed E-state index contributed by atoms with van der Waals surface area (Å²) in [6.45, 7) is 5.14. The number of nitrogens with zero attached hydrogens (tertiary/aromatic N) is 3. The molecule has 0 unspecified atom stereocenters. The number of likely N-dealkylation sites (N-methyl/N-ethyl adjacent to an activating group) is 1. The minimum Gasteiger partial charge on any atom is -0.484 e. The Morgan fingerprint density at radius 1 is 1.35 bits per heavy atom. The van der Waals surface area contributed by atoms with Gasteiger partial charge in [-0.25, -0.2) is 0 Å². The second-order valence-electron chi connectivity index (χ2n) is 6.79. The maximum atomic E-state index is 11.6. The molecular weight excluding hydrogens is 443 g/mol. The fourth-order valence-corrected chi connectivity index (χ4v) is 2.75. The van der Waals surface area contributed by atoms with Crippen molar-refractivity contribution in [3.05, 3.63) is 29.8 Å². The molecule has 7 heteroatoms. The Morgan fingerprint density at radius 3 is 2.65 bits per heavy atom. The first-order chi connectivity index (χ1) is 12.0. The summed E-state index contributed by atoms with van der Waals surface area (Å²) in [5, 5.41) is 3.43. The van der Waals surface area contributed by atoms with E-state index < -0.39 is 0 Å². The maximum Gasteiger partial charge on any atom is 0.259 e. The van der Waals surface area contributed by atoms with Crippen LogP contribution in [0.1, 0.15) is 25.3 Å². The number of aliphatic imine (C=N–C) groups is 1. The molecule has 1 saturated heterocycles. The van der Waals surface area contributed by atoms with Crippen molar-refractivity contribution in [2.45, 2.75) is 26.3 Å². The van der Waals surface area contributed by atoms with Crippen LogP contribution in [0.15, 0.2) is 29.3 Å². The van der Waals surface area contributed by atoms with Crippen LogP contribution in [0.25, 0.3) is 0 Å². The third-order valence-electron chi connectivity index (χ3n) is 4.51. The molecular formula is C19H31IN4O2. The summed E-state index contributed by atoms with van der Waals surface area (Å²) < 4.78 is 5.57. The number of piperidine rings is 1. The zero-order valence-corrected chi connectivity index (χ0v) is 18.5. The van der Waals surface area contributed by atoms with E-state index >= 15 is 0 Å². The Morgan fingerprint density at radius 2 is 2.04 bits per heavy atom. The molecule has 6 nitrogen and oxygen atoms in total. The van der Waals surface area contributed by atoms with Gasteiger partial charge in [0.1, 0.15) is 5.75 Å². The topological polar surface area (TPSA) is 57.2 Å². The van der Waals surface area contributed by atoms with Gasteiger partial charge < -0.3 is 19.9 Å². The Kier molecular flexibility index (Phi) is 9.75. The quantitative estimate of drug-likeness (QED) is 0.405. The molecule has 1 aromatic carbocycles. The lowest BCUT2D eigenvalue weighted by atomic mass is 10.00. The van der Waals surface area contributed by atoms with Gasteiger partial charge >= 0.3 is 0 Å². The lowest BCUT2D eigenvalue weighted by Crippen LogP contribution is -2.45. The summed E-state index contributed by atoms with van der Waals surface area (Å²) in [4.78, 5) is 19.9. The van der Waals surface area contributed by atoms with Crippen LogP contribution in [0.5, 0.6) is 5.75 Å². The summed E-state index contributed by atoms with van der Waals surface area (Å²) in [6, 6.07) is 7.81. The summed E-state index contributed by atoms with van der Waals surface area (Å²) in [5.41, 5.74) is 1.10. The number of hydrogen-bond acceptors (Lipinski definition) is 3. The molecule has 1 amide bonds. The molecule has 146 valence electrons. The Bertz CT molecular complexity index is 599. The van der Waals surface area contributed by atoms with Crippen molar-refractivity contribution in [3.63, 3.8) is 0 Å². The number of nitrogens with one attached hydrogen (secondary N) is 1. The second-order valence-corrected chi connectivity index (χ2v) is 6.79. The highest BCUT2D eigenvalue weighted by Crippen LogP contribution is 2.17. The zero-order chi connectivity index (χ0) is 18.2. The molecule has 0 aromatic heterocycles. The van der Waals surface area contributed by atoms with Crippen molar-refractivity contribution in [2.75, 3.05) is 40.8 Å². The van der Waals surface area contributed by atoms with E-state index in [1.165, 1.54) is 17.7 Å². The van der Waals surface area contributed by atoms with Gasteiger partial charge in [-0.15, -0.1) is 24.0 Å². The molecule has 0 aliphatic carbocycles. The summed E-state index contributed by atoms with van der Waals surface area (Å²) >= 11 is 0. The minimum atomic E-state index is -0.0525. The Balaban J connectivity index is 0.00000338. The van der Waals surface area contributed by atoms with Crippen molar-refractivity contribution < 1.29 is 9.53 Å². The molecule has 0 bridgehead atoms. The van der Waals surface area contributed by atoms with Gasteiger partial charge in [0, 0.05) is 40.8 Å². The second kappa shape index (κ2) is 11.3. The predicted molar refractivity (Wildman–Crippen MR) is 116 cm³/mol. The van der Waals surface area contributed by atoms with Crippen molar-refractivity contribution >= 4 is 35.8 Å². The molecule has 0 radical (unpaired) electrons. The largest absolute Gasteiger partial charge is 0.484 e. The molecule has 1 fully saturated rings. The number of hydrogen-bond donors (Lipinski definition) is 1. The lowest BCUT2D eigenvalue weighted by molar-refractivity contribution is -0.130. The molecule has 1 aliphatic heterocycles. The van der Waals surface area contributed by atoms with Gasteiger partial charge in [0.25, 0.3) is 5.91 Å². The lowest BCUT2D eigenvalue weighted by Gasteiger charge is -2.32. The molecule has 2 rings (SSSR count). The Hall–Kier alpha value is -1.51. The molecule has 1 N–H and O–H groups in total.